The Morgan fingerprint density at radius 3 is 2.72 bits per heavy atom. The van der Waals surface area contributed by atoms with Gasteiger partial charge in [-0.2, -0.15) is 0 Å². The van der Waals surface area contributed by atoms with Crippen LogP contribution in [0.25, 0.3) is 0 Å². The first kappa shape index (κ1) is 17.9. The standard InChI is InChI=1S/C19H20Cl2N2O2/c20-17-7-6-16(12-18(17)21)25-11-9-19(24)23-10-8-15(13-23)22-14-4-2-1-3-5-14/h1-7,12,15,22H,8-11,13H2. The summed E-state index contributed by atoms with van der Waals surface area (Å²) in [6.07, 6.45) is 1.30. The zero-order valence-electron chi connectivity index (χ0n) is 13.8. The zero-order valence-corrected chi connectivity index (χ0v) is 15.3. The number of rotatable bonds is 6. The van der Waals surface area contributed by atoms with E-state index in [1.54, 1.807) is 18.2 Å². The summed E-state index contributed by atoms with van der Waals surface area (Å²) in [5, 5.41) is 4.40. The maximum Gasteiger partial charge on any atom is 0.226 e. The Balaban J connectivity index is 1.42. The summed E-state index contributed by atoms with van der Waals surface area (Å²) in [7, 11) is 0. The molecule has 1 fully saturated rings. The third kappa shape index (κ3) is 5.03. The highest BCUT2D eigenvalue weighted by Gasteiger charge is 2.25. The number of nitrogens with zero attached hydrogens (tertiary/aromatic N) is 1. The van der Waals surface area contributed by atoms with Gasteiger partial charge in [-0.3, -0.25) is 4.79 Å². The van der Waals surface area contributed by atoms with Crippen LogP contribution >= 0.6 is 23.2 Å². The van der Waals surface area contributed by atoms with Gasteiger partial charge in [0.2, 0.25) is 5.91 Å². The van der Waals surface area contributed by atoms with Gasteiger partial charge in [0, 0.05) is 30.9 Å². The van der Waals surface area contributed by atoms with Gasteiger partial charge in [0.25, 0.3) is 0 Å². The predicted octanol–water partition coefficient (Wildman–Crippen LogP) is 4.48. The summed E-state index contributed by atoms with van der Waals surface area (Å²) in [6.45, 7) is 1.82. The normalized spacial score (nSPS) is 16.7. The Morgan fingerprint density at radius 1 is 1.16 bits per heavy atom. The van der Waals surface area contributed by atoms with Crippen molar-refractivity contribution in [1.29, 1.82) is 0 Å². The Hall–Kier alpha value is -1.91. The van der Waals surface area contributed by atoms with Gasteiger partial charge in [-0.25, -0.2) is 0 Å². The summed E-state index contributed by atoms with van der Waals surface area (Å²) in [5.74, 6) is 0.727. The molecule has 1 heterocycles. The predicted molar refractivity (Wildman–Crippen MR) is 102 cm³/mol. The second kappa shape index (κ2) is 8.45. The molecule has 1 aliphatic rings. The monoisotopic (exact) mass is 378 g/mol. The highest BCUT2D eigenvalue weighted by molar-refractivity contribution is 6.42. The van der Waals surface area contributed by atoms with Crippen molar-refractivity contribution in [3.63, 3.8) is 0 Å². The summed E-state index contributed by atoms with van der Waals surface area (Å²) < 4.78 is 5.59. The number of nitrogens with one attached hydrogen (secondary N) is 1. The molecule has 1 amide bonds. The quantitative estimate of drug-likeness (QED) is 0.805. The van der Waals surface area contributed by atoms with Gasteiger partial charge >= 0.3 is 0 Å². The highest BCUT2D eigenvalue weighted by Crippen LogP contribution is 2.26. The lowest BCUT2D eigenvalue weighted by molar-refractivity contribution is -0.130. The molecule has 1 aliphatic heterocycles. The maximum absolute atomic E-state index is 12.3. The molecule has 6 heteroatoms. The van der Waals surface area contributed by atoms with E-state index in [1.807, 2.05) is 35.2 Å². The third-order valence-corrected chi connectivity index (χ3v) is 4.90. The Labute approximate surface area is 157 Å². The number of carbonyl (C=O) groups is 1. The molecule has 0 aromatic heterocycles. The number of hydrogen-bond donors (Lipinski definition) is 1. The van der Waals surface area contributed by atoms with E-state index >= 15 is 0 Å². The van der Waals surface area contributed by atoms with E-state index in [9.17, 15) is 4.79 Å². The molecule has 0 aliphatic carbocycles. The van der Waals surface area contributed by atoms with Crippen molar-refractivity contribution < 1.29 is 9.53 Å². The van der Waals surface area contributed by atoms with Gasteiger partial charge in [-0.05, 0) is 30.7 Å². The average Bonchev–Trinajstić information content (AvgIpc) is 3.07. The summed E-state index contributed by atoms with van der Waals surface area (Å²) >= 11 is 11.8. The van der Waals surface area contributed by atoms with Gasteiger partial charge in [-0.1, -0.05) is 41.4 Å². The molecule has 25 heavy (non-hydrogen) atoms. The second-order valence-corrected chi connectivity index (χ2v) is 6.82. The molecule has 2 aromatic rings. The molecule has 3 rings (SSSR count). The number of benzene rings is 2. The summed E-state index contributed by atoms with van der Waals surface area (Å²) in [6, 6.07) is 15.4. The Morgan fingerprint density at radius 2 is 1.96 bits per heavy atom. The van der Waals surface area contributed by atoms with Crippen LogP contribution in [0.5, 0.6) is 5.75 Å². The molecule has 1 saturated heterocycles. The minimum Gasteiger partial charge on any atom is -0.493 e. The van der Waals surface area contributed by atoms with E-state index in [1.165, 1.54) is 0 Å². The van der Waals surface area contributed by atoms with Crippen LogP contribution in [0.1, 0.15) is 12.8 Å². The lowest BCUT2D eigenvalue weighted by atomic mass is 10.2. The molecule has 2 aromatic carbocycles. The van der Waals surface area contributed by atoms with Gasteiger partial charge < -0.3 is 15.0 Å². The number of likely N-dealkylation sites (tertiary alicyclic amines) is 1. The molecular formula is C19H20Cl2N2O2. The summed E-state index contributed by atoms with van der Waals surface area (Å²) in [5.41, 5.74) is 1.09. The number of carbonyl (C=O) groups excluding carboxylic acids is 1. The lowest BCUT2D eigenvalue weighted by Crippen LogP contribution is -2.32. The van der Waals surface area contributed by atoms with Crippen molar-refractivity contribution >= 4 is 34.8 Å². The van der Waals surface area contributed by atoms with Crippen molar-refractivity contribution in [2.24, 2.45) is 0 Å². The van der Waals surface area contributed by atoms with Gasteiger partial charge in [0.1, 0.15) is 5.75 Å². The zero-order chi connectivity index (χ0) is 17.6. The van der Waals surface area contributed by atoms with Crippen LogP contribution in [0.15, 0.2) is 48.5 Å². The van der Waals surface area contributed by atoms with Crippen LogP contribution in [0.3, 0.4) is 0 Å². The molecule has 1 atom stereocenters. The number of anilines is 1. The van der Waals surface area contributed by atoms with E-state index in [0.717, 1.165) is 25.2 Å². The Bertz CT molecular complexity index is 725. The molecule has 0 spiro atoms. The van der Waals surface area contributed by atoms with Crippen molar-refractivity contribution in [3.8, 4) is 5.75 Å². The van der Waals surface area contributed by atoms with E-state index in [4.69, 9.17) is 27.9 Å². The average molecular weight is 379 g/mol. The van der Waals surface area contributed by atoms with Crippen LogP contribution < -0.4 is 10.1 Å². The number of hydrogen-bond acceptors (Lipinski definition) is 3. The number of ether oxygens (including phenoxy) is 1. The first-order valence-electron chi connectivity index (χ1n) is 8.29. The minimum atomic E-state index is 0.109. The van der Waals surface area contributed by atoms with Crippen molar-refractivity contribution in [2.75, 3.05) is 25.0 Å². The summed E-state index contributed by atoms with van der Waals surface area (Å²) in [4.78, 5) is 14.2. The SMILES string of the molecule is O=C(CCOc1ccc(Cl)c(Cl)c1)N1CCC(Nc2ccccc2)C1. The van der Waals surface area contributed by atoms with E-state index < -0.39 is 0 Å². The molecular weight excluding hydrogens is 359 g/mol. The van der Waals surface area contributed by atoms with Crippen molar-refractivity contribution in [1.82, 2.24) is 4.90 Å². The minimum absolute atomic E-state index is 0.109. The van der Waals surface area contributed by atoms with Crippen molar-refractivity contribution in [2.45, 2.75) is 18.9 Å². The fraction of sp³-hybridized carbons (Fsp3) is 0.316. The van der Waals surface area contributed by atoms with Gasteiger partial charge in [-0.15, -0.1) is 0 Å². The molecule has 1 unspecified atom stereocenters. The molecule has 1 N–H and O–H groups in total. The molecule has 0 bridgehead atoms. The number of para-hydroxylation sites is 1. The molecule has 132 valence electrons. The van der Waals surface area contributed by atoms with Crippen LogP contribution in [0, 0.1) is 0 Å². The van der Waals surface area contributed by atoms with E-state index in [2.05, 4.69) is 5.32 Å². The highest BCUT2D eigenvalue weighted by atomic mass is 35.5. The first-order chi connectivity index (χ1) is 12.1. The van der Waals surface area contributed by atoms with Crippen LogP contribution in [-0.2, 0) is 4.79 Å². The molecule has 0 saturated carbocycles. The smallest absolute Gasteiger partial charge is 0.226 e. The van der Waals surface area contributed by atoms with Gasteiger partial charge in [0.05, 0.1) is 23.1 Å². The van der Waals surface area contributed by atoms with Crippen molar-refractivity contribution in [3.05, 3.63) is 58.6 Å². The fourth-order valence-corrected chi connectivity index (χ4v) is 3.14. The molecule has 4 nitrogen and oxygen atoms in total. The molecule has 0 radical (unpaired) electrons. The van der Waals surface area contributed by atoms with Crippen LogP contribution in [0.4, 0.5) is 5.69 Å². The lowest BCUT2D eigenvalue weighted by Gasteiger charge is -2.18. The topological polar surface area (TPSA) is 41.6 Å². The second-order valence-electron chi connectivity index (χ2n) is 6.01. The van der Waals surface area contributed by atoms with Gasteiger partial charge in [0.15, 0.2) is 0 Å². The first-order valence-corrected chi connectivity index (χ1v) is 9.04. The van der Waals surface area contributed by atoms with E-state index in [-0.39, 0.29) is 5.91 Å². The van der Waals surface area contributed by atoms with Crippen LogP contribution in [0.2, 0.25) is 10.0 Å². The van der Waals surface area contributed by atoms with E-state index in [0.29, 0.717) is 34.9 Å². The number of amides is 1. The number of halogens is 2. The van der Waals surface area contributed by atoms with Crippen LogP contribution in [-0.4, -0.2) is 36.5 Å². The fourth-order valence-electron chi connectivity index (χ4n) is 2.86. The largest absolute Gasteiger partial charge is 0.493 e. The maximum atomic E-state index is 12.3. The Kier molecular flexibility index (Phi) is 6.05. The third-order valence-electron chi connectivity index (χ3n) is 4.16.